The van der Waals surface area contributed by atoms with Crippen molar-refractivity contribution in [2.24, 2.45) is 5.92 Å². The lowest BCUT2D eigenvalue weighted by molar-refractivity contribution is 0.132. The van der Waals surface area contributed by atoms with E-state index in [1.54, 1.807) is 0 Å². The summed E-state index contributed by atoms with van der Waals surface area (Å²) < 4.78 is 5.55. The average molecular weight is 286 g/mol. The van der Waals surface area contributed by atoms with Crippen LogP contribution in [0.15, 0.2) is 0 Å². The summed E-state index contributed by atoms with van der Waals surface area (Å²) in [5, 5.41) is 3.78. The Morgan fingerprint density at radius 2 is 2.00 bits per heavy atom. The van der Waals surface area contributed by atoms with E-state index in [0.29, 0.717) is 17.7 Å². The molecule has 0 radical (unpaired) electrons. The molecule has 0 saturated carbocycles. The number of ether oxygens (including phenoxy) is 1. The SMILES string of the molecule is CCc1nc(Cl)c(C)c(NCCOCCC(C)C)n1. The zero-order chi connectivity index (χ0) is 14.3. The first-order valence-corrected chi connectivity index (χ1v) is 7.27. The molecule has 0 aromatic carbocycles. The standard InChI is InChI=1S/C14H24ClN3O/c1-5-12-17-13(15)11(4)14(18-12)16-7-9-19-8-6-10(2)3/h10H,5-9H2,1-4H3,(H,16,17,18). The molecule has 0 amide bonds. The van der Waals surface area contributed by atoms with Crippen molar-refractivity contribution in [2.75, 3.05) is 25.1 Å². The van der Waals surface area contributed by atoms with Gasteiger partial charge in [-0.3, -0.25) is 0 Å². The van der Waals surface area contributed by atoms with Gasteiger partial charge >= 0.3 is 0 Å². The zero-order valence-electron chi connectivity index (χ0n) is 12.3. The summed E-state index contributed by atoms with van der Waals surface area (Å²) in [4.78, 5) is 8.65. The summed E-state index contributed by atoms with van der Waals surface area (Å²) >= 11 is 6.07. The lowest BCUT2D eigenvalue weighted by Crippen LogP contribution is -2.13. The first-order chi connectivity index (χ1) is 9.04. The predicted octanol–water partition coefficient (Wildman–Crippen LogP) is 3.48. The molecule has 0 aliphatic rings. The molecule has 0 saturated heterocycles. The second-order valence-corrected chi connectivity index (χ2v) is 5.34. The van der Waals surface area contributed by atoms with Crippen LogP contribution in [0.4, 0.5) is 5.82 Å². The van der Waals surface area contributed by atoms with Gasteiger partial charge < -0.3 is 10.1 Å². The smallest absolute Gasteiger partial charge is 0.137 e. The fourth-order valence-electron chi connectivity index (χ4n) is 1.53. The summed E-state index contributed by atoms with van der Waals surface area (Å²) in [5.74, 6) is 2.26. The number of nitrogens with zero attached hydrogens (tertiary/aromatic N) is 2. The van der Waals surface area contributed by atoms with Crippen LogP contribution in [0.2, 0.25) is 5.15 Å². The first kappa shape index (κ1) is 16.2. The maximum Gasteiger partial charge on any atom is 0.137 e. The van der Waals surface area contributed by atoms with E-state index in [2.05, 4.69) is 29.1 Å². The molecule has 0 aliphatic heterocycles. The Morgan fingerprint density at radius 1 is 1.26 bits per heavy atom. The third-order valence-corrected chi connectivity index (χ3v) is 3.20. The normalized spacial score (nSPS) is 11.1. The van der Waals surface area contributed by atoms with E-state index >= 15 is 0 Å². The molecular weight excluding hydrogens is 262 g/mol. The van der Waals surface area contributed by atoms with Crippen LogP contribution in [0, 0.1) is 12.8 Å². The average Bonchev–Trinajstić information content (AvgIpc) is 2.37. The van der Waals surface area contributed by atoms with Crippen molar-refractivity contribution in [3.8, 4) is 0 Å². The minimum absolute atomic E-state index is 0.523. The molecule has 108 valence electrons. The highest BCUT2D eigenvalue weighted by Crippen LogP contribution is 2.19. The number of aryl methyl sites for hydroxylation is 1. The van der Waals surface area contributed by atoms with Crippen LogP contribution in [0.3, 0.4) is 0 Å². The van der Waals surface area contributed by atoms with E-state index in [1.807, 2.05) is 13.8 Å². The van der Waals surface area contributed by atoms with E-state index in [-0.39, 0.29) is 0 Å². The Bertz CT molecular complexity index is 397. The fourth-order valence-corrected chi connectivity index (χ4v) is 1.71. The molecular formula is C14H24ClN3O. The monoisotopic (exact) mass is 285 g/mol. The summed E-state index contributed by atoms with van der Waals surface area (Å²) in [6.45, 7) is 10.5. The molecule has 1 aromatic heterocycles. The maximum atomic E-state index is 6.07. The van der Waals surface area contributed by atoms with Crippen LogP contribution in [0.25, 0.3) is 0 Å². The van der Waals surface area contributed by atoms with Gasteiger partial charge in [0.15, 0.2) is 0 Å². The maximum absolute atomic E-state index is 6.07. The van der Waals surface area contributed by atoms with E-state index < -0.39 is 0 Å². The third kappa shape index (κ3) is 5.74. The van der Waals surface area contributed by atoms with Gasteiger partial charge in [-0.1, -0.05) is 32.4 Å². The molecule has 19 heavy (non-hydrogen) atoms. The molecule has 5 heteroatoms. The summed E-state index contributed by atoms with van der Waals surface area (Å²) in [5.41, 5.74) is 0.890. The molecule has 0 bridgehead atoms. The Labute approximate surface area is 120 Å². The molecule has 0 aliphatic carbocycles. The predicted molar refractivity (Wildman–Crippen MR) is 79.9 cm³/mol. The van der Waals surface area contributed by atoms with E-state index in [4.69, 9.17) is 16.3 Å². The largest absolute Gasteiger partial charge is 0.380 e. The Morgan fingerprint density at radius 3 is 2.63 bits per heavy atom. The second-order valence-electron chi connectivity index (χ2n) is 4.98. The van der Waals surface area contributed by atoms with Gasteiger partial charge in [-0.2, -0.15) is 0 Å². The van der Waals surface area contributed by atoms with Crippen LogP contribution < -0.4 is 5.32 Å². The minimum atomic E-state index is 0.523. The van der Waals surface area contributed by atoms with Gasteiger partial charge in [-0.15, -0.1) is 0 Å². The van der Waals surface area contributed by atoms with Gasteiger partial charge in [-0.05, 0) is 19.3 Å². The van der Waals surface area contributed by atoms with Crippen molar-refractivity contribution in [3.63, 3.8) is 0 Å². The van der Waals surface area contributed by atoms with Crippen molar-refractivity contribution in [1.82, 2.24) is 9.97 Å². The molecule has 0 fully saturated rings. The Hall–Kier alpha value is -0.870. The highest BCUT2D eigenvalue weighted by atomic mass is 35.5. The first-order valence-electron chi connectivity index (χ1n) is 6.89. The number of nitrogens with one attached hydrogen (secondary N) is 1. The summed E-state index contributed by atoms with van der Waals surface area (Å²) in [7, 11) is 0. The third-order valence-electron chi connectivity index (χ3n) is 2.83. The number of hydrogen-bond acceptors (Lipinski definition) is 4. The number of hydrogen-bond donors (Lipinski definition) is 1. The molecule has 1 heterocycles. The quantitative estimate of drug-likeness (QED) is 0.587. The molecule has 0 unspecified atom stereocenters. The Kier molecular flexibility index (Phi) is 7.10. The zero-order valence-corrected chi connectivity index (χ0v) is 13.0. The van der Waals surface area contributed by atoms with Gasteiger partial charge in [0.25, 0.3) is 0 Å². The summed E-state index contributed by atoms with van der Waals surface area (Å²) in [6, 6.07) is 0. The van der Waals surface area contributed by atoms with Gasteiger partial charge in [-0.25, -0.2) is 9.97 Å². The highest BCUT2D eigenvalue weighted by molar-refractivity contribution is 6.30. The second kappa shape index (κ2) is 8.33. The van der Waals surface area contributed by atoms with Crippen LogP contribution in [0.5, 0.6) is 0 Å². The van der Waals surface area contributed by atoms with Gasteiger partial charge in [0.2, 0.25) is 0 Å². The van der Waals surface area contributed by atoms with Crippen molar-refractivity contribution in [2.45, 2.75) is 40.5 Å². The fraction of sp³-hybridized carbons (Fsp3) is 0.714. The highest BCUT2D eigenvalue weighted by Gasteiger charge is 2.07. The molecule has 0 spiro atoms. The molecule has 1 rings (SSSR count). The van der Waals surface area contributed by atoms with Crippen LogP contribution in [-0.2, 0) is 11.2 Å². The summed E-state index contributed by atoms with van der Waals surface area (Å²) in [6.07, 6.45) is 1.87. The Balaban J connectivity index is 2.38. The van der Waals surface area contributed by atoms with Gasteiger partial charge in [0.1, 0.15) is 16.8 Å². The number of halogens is 1. The van der Waals surface area contributed by atoms with Gasteiger partial charge in [0, 0.05) is 25.1 Å². The topological polar surface area (TPSA) is 47.0 Å². The van der Waals surface area contributed by atoms with E-state index in [9.17, 15) is 0 Å². The van der Waals surface area contributed by atoms with Crippen LogP contribution in [0.1, 0.15) is 38.6 Å². The van der Waals surface area contributed by atoms with Crippen molar-refractivity contribution >= 4 is 17.4 Å². The van der Waals surface area contributed by atoms with Crippen molar-refractivity contribution in [1.29, 1.82) is 0 Å². The molecule has 1 aromatic rings. The molecule has 0 atom stereocenters. The van der Waals surface area contributed by atoms with Crippen molar-refractivity contribution in [3.05, 3.63) is 16.5 Å². The van der Waals surface area contributed by atoms with Crippen molar-refractivity contribution < 1.29 is 4.74 Å². The lowest BCUT2D eigenvalue weighted by Gasteiger charge is -2.11. The van der Waals surface area contributed by atoms with Crippen LogP contribution in [-0.4, -0.2) is 29.7 Å². The van der Waals surface area contributed by atoms with Gasteiger partial charge in [0.05, 0.1) is 6.61 Å². The lowest BCUT2D eigenvalue weighted by atomic mass is 10.1. The number of aromatic nitrogens is 2. The number of anilines is 1. The van der Waals surface area contributed by atoms with E-state index in [0.717, 1.165) is 43.2 Å². The minimum Gasteiger partial charge on any atom is -0.380 e. The van der Waals surface area contributed by atoms with Crippen LogP contribution >= 0.6 is 11.6 Å². The number of rotatable bonds is 8. The molecule has 4 nitrogen and oxygen atoms in total. The molecule has 1 N–H and O–H groups in total. The van der Waals surface area contributed by atoms with E-state index in [1.165, 1.54) is 0 Å².